The summed E-state index contributed by atoms with van der Waals surface area (Å²) in [6.45, 7) is 0. The number of nitrogens with one attached hydrogen (secondary N) is 1. The van der Waals surface area contributed by atoms with Gasteiger partial charge in [-0.15, -0.1) is 0 Å². The summed E-state index contributed by atoms with van der Waals surface area (Å²) in [5, 5.41) is 11.9. The number of carbonyl (C=O) groups is 1. The molecule has 5 heteroatoms. The van der Waals surface area contributed by atoms with Gasteiger partial charge in [-0.3, -0.25) is 4.79 Å². The molecular formula is C14H12BrNO3. The summed E-state index contributed by atoms with van der Waals surface area (Å²) in [5.74, 6) is 0.375. The topological polar surface area (TPSA) is 58.6 Å². The molecule has 0 saturated carbocycles. The molecule has 2 rings (SSSR count). The Kier molecular flexibility index (Phi) is 4.06. The van der Waals surface area contributed by atoms with Gasteiger partial charge in [-0.1, -0.05) is 15.9 Å². The van der Waals surface area contributed by atoms with Gasteiger partial charge in [-0.25, -0.2) is 0 Å². The second-order valence-corrected chi connectivity index (χ2v) is 4.76. The van der Waals surface area contributed by atoms with Crippen LogP contribution < -0.4 is 10.1 Å². The number of benzene rings is 2. The van der Waals surface area contributed by atoms with E-state index in [0.29, 0.717) is 17.0 Å². The van der Waals surface area contributed by atoms with E-state index in [1.165, 1.54) is 19.2 Å². The van der Waals surface area contributed by atoms with Crippen molar-refractivity contribution >= 4 is 27.5 Å². The summed E-state index contributed by atoms with van der Waals surface area (Å²) in [5.41, 5.74) is 1.05. The Bertz CT molecular complexity index is 596. The lowest BCUT2D eigenvalue weighted by molar-refractivity contribution is 0.102. The van der Waals surface area contributed by atoms with Crippen LogP contribution in [0.3, 0.4) is 0 Å². The Morgan fingerprint density at radius 2 is 1.89 bits per heavy atom. The Balaban J connectivity index is 2.22. The van der Waals surface area contributed by atoms with Crippen LogP contribution in [0.2, 0.25) is 0 Å². The monoisotopic (exact) mass is 321 g/mol. The first-order chi connectivity index (χ1) is 9.10. The number of phenolic OH excluding ortho intramolecular Hbond substituents is 1. The molecule has 0 aliphatic carbocycles. The SMILES string of the molecule is COc1cc(Br)ccc1C(=O)Nc1ccc(O)cc1. The summed E-state index contributed by atoms with van der Waals surface area (Å²) in [7, 11) is 1.51. The molecular weight excluding hydrogens is 310 g/mol. The second kappa shape index (κ2) is 5.75. The second-order valence-electron chi connectivity index (χ2n) is 3.85. The summed E-state index contributed by atoms with van der Waals surface area (Å²) in [6.07, 6.45) is 0. The van der Waals surface area contributed by atoms with E-state index in [-0.39, 0.29) is 11.7 Å². The minimum absolute atomic E-state index is 0.152. The zero-order valence-electron chi connectivity index (χ0n) is 10.2. The maximum absolute atomic E-state index is 12.1. The molecule has 0 saturated heterocycles. The molecule has 0 fully saturated rings. The molecule has 0 aliphatic rings. The van der Waals surface area contributed by atoms with E-state index in [1.54, 1.807) is 30.3 Å². The molecule has 19 heavy (non-hydrogen) atoms. The third-order valence-electron chi connectivity index (χ3n) is 2.53. The summed E-state index contributed by atoms with van der Waals surface area (Å²) in [6, 6.07) is 11.4. The molecule has 0 aliphatic heterocycles. The number of methoxy groups -OCH3 is 1. The first kappa shape index (κ1) is 13.4. The lowest BCUT2D eigenvalue weighted by atomic mass is 10.2. The largest absolute Gasteiger partial charge is 0.508 e. The molecule has 0 radical (unpaired) electrons. The fourth-order valence-corrected chi connectivity index (χ4v) is 1.94. The van der Waals surface area contributed by atoms with Crippen LogP contribution in [0.15, 0.2) is 46.9 Å². The highest BCUT2D eigenvalue weighted by Gasteiger charge is 2.12. The van der Waals surface area contributed by atoms with Crippen LogP contribution in [0.25, 0.3) is 0 Å². The standard InChI is InChI=1S/C14H12BrNO3/c1-19-13-8-9(15)2-7-12(13)14(18)16-10-3-5-11(17)6-4-10/h2-8,17H,1H3,(H,16,18). The predicted molar refractivity (Wildman–Crippen MR) is 76.8 cm³/mol. The van der Waals surface area contributed by atoms with Gasteiger partial charge >= 0.3 is 0 Å². The highest BCUT2D eigenvalue weighted by atomic mass is 79.9. The fraction of sp³-hybridized carbons (Fsp3) is 0.0714. The van der Waals surface area contributed by atoms with Crippen LogP contribution in [-0.4, -0.2) is 18.1 Å². The number of halogens is 1. The van der Waals surface area contributed by atoms with Gasteiger partial charge in [0.05, 0.1) is 12.7 Å². The number of hydrogen-bond acceptors (Lipinski definition) is 3. The molecule has 1 amide bonds. The van der Waals surface area contributed by atoms with Crippen molar-refractivity contribution in [2.75, 3.05) is 12.4 Å². The Hall–Kier alpha value is -2.01. The number of carbonyl (C=O) groups excluding carboxylic acids is 1. The van der Waals surface area contributed by atoms with Crippen LogP contribution >= 0.6 is 15.9 Å². The highest BCUT2D eigenvalue weighted by Crippen LogP contribution is 2.24. The Morgan fingerprint density at radius 3 is 2.53 bits per heavy atom. The van der Waals surface area contributed by atoms with E-state index >= 15 is 0 Å². The summed E-state index contributed by atoms with van der Waals surface area (Å²) in [4.78, 5) is 12.1. The van der Waals surface area contributed by atoms with Crippen molar-refractivity contribution in [1.29, 1.82) is 0 Å². The molecule has 0 aromatic heterocycles. The lowest BCUT2D eigenvalue weighted by Gasteiger charge is -2.09. The molecule has 0 spiro atoms. The average molecular weight is 322 g/mol. The van der Waals surface area contributed by atoms with Gasteiger partial charge in [-0.2, -0.15) is 0 Å². The third kappa shape index (κ3) is 3.26. The van der Waals surface area contributed by atoms with Crippen molar-refractivity contribution in [3.05, 3.63) is 52.5 Å². The summed E-state index contributed by atoms with van der Waals surface area (Å²) >= 11 is 3.32. The van der Waals surface area contributed by atoms with Crippen LogP contribution in [0, 0.1) is 0 Å². The van der Waals surface area contributed by atoms with E-state index in [0.717, 1.165) is 4.47 Å². The van der Waals surface area contributed by atoms with Crippen molar-refractivity contribution in [3.8, 4) is 11.5 Å². The maximum Gasteiger partial charge on any atom is 0.259 e. The quantitative estimate of drug-likeness (QED) is 0.852. The predicted octanol–water partition coefficient (Wildman–Crippen LogP) is 3.42. The molecule has 0 heterocycles. The number of anilines is 1. The number of aromatic hydroxyl groups is 1. The normalized spacial score (nSPS) is 10.0. The van der Waals surface area contributed by atoms with Crippen molar-refractivity contribution in [2.24, 2.45) is 0 Å². The maximum atomic E-state index is 12.1. The minimum Gasteiger partial charge on any atom is -0.508 e. The van der Waals surface area contributed by atoms with Gasteiger partial charge in [0, 0.05) is 10.2 Å². The smallest absolute Gasteiger partial charge is 0.259 e. The molecule has 2 aromatic carbocycles. The van der Waals surface area contributed by atoms with Crippen LogP contribution in [-0.2, 0) is 0 Å². The van der Waals surface area contributed by atoms with Crippen molar-refractivity contribution in [1.82, 2.24) is 0 Å². The number of ether oxygens (including phenoxy) is 1. The Morgan fingerprint density at radius 1 is 1.21 bits per heavy atom. The third-order valence-corrected chi connectivity index (χ3v) is 3.03. The van der Waals surface area contributed by atoms with E-state index in [2.05, 4.69) is 21.2 Å². The minimum atomic E-state index is -0.268. The van der Waals surface area contributed by atoms with Gasteiger partial charge in [0.15, 0.2) is 0 Å². The van der Waals surface area contributed by atoms with Crippen LogP contribution in [0.5, 0.6) is 11.5 Å². The molecule has 0 unspecified atom stereocenters. The van der Waals surface area contributed by atoms with Crippen LogP contribution in [0.4, 0.5) is 5.69 Å². The van der Waals surface area contributed by atoms with Gasteiger partial charge < -0.3 is 15.2 Å². The van der Waals surface area contributed by atoms with Gasteiger partial charge in [0.1, 0.15) is 11.5 Å². The zero-order valence-corrected chi connectivity index (χ0v) is 11.8. The molecule has 4 nitrogen and oxygen atoms in total. The molecule has 2 aromatic rings. The first-order valence-corrected chi connectivity index (χ1v) is 6.33. The average Bonchev–Trinajstić information content (AvgIpc) is 2.41. The van der Waals surface area contributed by atoms with Crippen molar-refractivity contribution < 1.29 is 14.6 Å². The number of amides is 1. The molecule has 98 valence electrons. The molecule has 2 N–H and O–H groups in total. The molecule has 0 atom stereocenters. The number of rotatable bonds is 3. The van der Waals surface area contributed by atoms with Gasteiger partial charge in [-0.05, 0) is 42.5 Å². The highest BCUT2D eigenvalue weighted by molar-refractivity contribution is 9.10. The van der Waals surface area contributed by atoms with Gasteiger partial charge in [0.25, 0.3) is 5.91 Å². The summed E-state index contributed by atoms with van der Waals surface area (Å²) < 4.78 is 6.01. The van der Waals surface area contributed by atoms with E-state index in [1.807, 2.05) is 0 Å². The Labute approximate surface area is 119 Å². The van der Waals surface area contributed by atoms with Crippen molar-refractivity contribution in [3.63, 3.8) is 0 Å². The zero-order chi connectivity index (χ0) is 13.8. The van der Waals surface area contributed by atoms with E-state index < -0.39 is 0 Å². The first-order valence-electron chi connectivity index (χ1n) is 5.54. The number of phenols is 1. The number of hydrogen-bond donors (Lipinski definition) is 2. The van der Waals surface area contributed by atoms with Gasteiger partial charge in [0.2, 0.25) is 0 Å². The van der Waals surface area contributed by atoms with E-state index in [9.17, 15) is 9.90 Å². The lowest BCUT2D eigenvalue weighted by Crippen LogP contribution is -2.13. The molecule has 0 bridgehead atoms. The van der Waals surface area contributed by atoms with Crippen molar-refractivity contribution in [2.45, 2.75) is 0 Å². The fourth-order valence-electron chi connectivity index (χ4n) is 1.60. The van der Waals surface area contributed by atoms with Crippen LogP contribution in [0.1, 0.15) is 10.4 Å². The van der Waals surface area contributed by atoms with E-state index in [4.69, 9.17) is 4.74 Å².